The number of esters is 2. The van der Waals surface area contributed by atoms with E-state index in [-0.39, 0.29) is 19.2 Å². The molecule has 0 unspecified atom stereocenters. The van der Waals surface area contributed by atoms with E-state index >= 15 is 0 Å². The van der Waals surface area contributed by atoms with Gasteiger partial charge in [0.15, 0.2) is 0 Å². The number of thiol groups is 2. The molecule has 0 amide bonds. The maximum absolute atomic E-state index is 11.5. The van der Waals surface area contributed by atoms with Gasteiger partial charge in [0.1, 0.15) is 17.8 Å². The molecule has 186 valence electrons. The normalized spacial score (nSPS) is 10.9. The molecule has 0 aromatic rings. The van der Waals surface area contributed by atoms with E-state index in [9.17, 15) is 9.59 Å². The first-order valence-electron chi connectivity index (χ1n) is 11.5. The van der Waals surface area contributed by atoms with Crippen LogP contribution in [0.3, 0.4) is 0 Å². The van der Waals surface area contributed by atoms with Crippen molar-refractivity contribution in [3.05, 3.63) is 24.3 Å². The van der Waals surface area contributed by atoms with Gasteiger partial charge in [0.2, 0.25) is 0 Å². The van der Waals surface area contributed by atoms with E-state index < -0.39 is 16.5 Å². The molecule has 0 saturated heterocycles. The molecule has 1 N–H and O–H groups in total. The van der Waals surface area contributed by atoms with Gasteiger partial charge in [-0.05, 0) is 38.5 Å². The molecule has 0 aliphatic heterocycles. The maximum atomic E-state index is 11.5. The largest absolute Gasteiger partial charge is 0.481 e. The third-order valence-electron chi connectivity index (χ3n) is 4.13. The van der Waals surface area contributed by atoms with E-state index in [4.69, 9.17) is 19.4 Å². The number of carboxylic acids is 1. The Bertz CT molecular complexity index is 529. The van der Waals surface area contributed by atoms with E-state index in [2.05, 4.69) is 56.5 Å². The second-order valence-corrected chi connectivity index (χ2v) is 8.70. The molecule has 0 bridgehead atoms. The SMILES string of the molecule is CC(=O)O.CCCCC/C=C\C/C=C\CCCCCCCC(=O)OCCOC(=O)C(S)S. The predicted octanol–water partition coefficient (Wildman–Crippen LogP) is 6.16. The van der Waals surface area contributed by atoms with Crippen molar-refractivity contribution in [3.63, 3.8) is 0 Å². The molecule has 0 fully saturated rings. The van der Waals surface area contributed by atoms with Crippen LogP contribution in [0.15, 0.2) is 24.3 Å². The van der Waals surface area contributed by atoms with Crippen LogP contribution in [-0.4, -0.2) is 40.8 Å². The maximum Gasteiger partial charge on any atom is 0.328 e. The van der Waals surface area contributed by atoms with E-state index in [1.165, 1.54) is 38.5 Å². The molecule has 0 aromatic carbocycles. The topological polar surface area (TPSA) is 89.9 Å². The highest BCUT2D eigenvalue weighted by Crippen LogP contribution is 2.09. The summed E-state index contributed by atoms with van der Waals surface area (Å²) in [6.45, 7) is 3.44. The lowest BCUT2D eigenvalue weighted by Crippen LogP contribution is -2.17. The smallest absolute Gasteiger partial charge is 0.328 e. The third-order valence-corrected chi connectivity index (χ3v) is 4.55. The molecule has 0 aliphatic rings. The summed E-state index contributed by atoms with van der Waals surface area (Å²) in [5.74, 6) is -1.61. The molecule has 6 nitrogen and oxygen atoms in total. The van der Waals surface area contributed by atoms with Crippen LogP contribution >= 0.6 is 25.3 Å². The number of aliphatic carboxylic acids is 1. The fraction of sp³-hybridized carbons (Fsp3) is 0.708. The predicted molar refractivity (Wildman–Crippen MR) is 136 cm³/mol. The standard InChI is InChI=1S/C22H38O4S2.C2H4O2/c1-2-3-4-5-6-7-8-9-10-11-12-13-14-15-16-17-20(23)25-18-19-26-21(24)22(27)28;1-2(3)4/h6-7,9-10,22,27-28H,2-5,8,11-19H2,1H3;1H3,(H,3,4)/b7-6-,10-9-;. The summed E-state index contributed by atoms with van der Waals surface area (Å²) >= 11 is 7.66. The van der Waals surface area contributed by atoms with Gasteiger partial charge in [-0.3, -0.25) is 9.59 Å². The quantitative estimate of drug-likeness (QED) is 0.0700. The van der Waals surface area contributed by atoms with Crippen LogP contribution < -0.4 is 0 Å². The summed E-state index contributed by atoms with van der Waals surface area (Å²) in [6, 6.07) is 0. The molecule has 0 spiro atoms. The Hall–Kier alpha value is -1.41. The van der Waals surface area contributed by atoms with E-state index in [1.807, 2.05) is 0 Å². The first-order valence-corrected chi connectivity index (χ1v) is 12.5. The summed E-state index contributed by atoms with van der Waals surface area (Å²) in [5, 5.41) is 7.42. The zero-order valence-electron chi connectivity index (χ0n) is 19.7. The molecule has 32 heavy (non-hydrogen) atoms. The fourth-order valence-corrected chi connectivity index (χ4v) is 2.67. The Morgan fingerprint density at radius 3 is 1.88 bits per heavy atom. The van der Waals surface area contributed by atoms with Crippen molar-refractivity contribution < 1.29 is 29.0 Å². The average Bonchev–Trinajstić information content (AvgIpc) is 2.73. The lowest BCUT2D eigenvalue weighted by atomic mass is 10.1. The van der Waals surface area contributed by atoms with Crippen LogP contribution in [0, 0.1) is 0 Å². The van der Waals surface area contributed by atoms with Gasteiger partial charge in [-0.2, -0.15) is 25.3 Å². The van der Waals surface area contributed by atoms with Crippen LogP contribution in [0.4, 0.5) is 0 Å². The number of hydrogen-bond donors (Lipinski definition) is 3. The number of allylic oxidation sites excluding steroid dienone is 4. The Morgan fingerprint density at radius 1 is 0.812 bits per heavy atom. The highest BCUT2D eigenvalue weighted by molar-refractivity contribution is 8.00. The Balaban J connectivity index is 0. The van der Waals surface area contributed by atoms with Gasteiger partial charge in [0.25, 0.3) is 5.97 Å². The molecule has 0 atom stereocenters. The number of rotatable bonds is 18. The molecule has 0 aliphatic carbocycles. The Labute approximate surface area is 205 Å². The van der Waals surface area contributed by atoms with Crippen molar-refractivity contribution in [3.8, 4) is 0 Å². The second kappa shape index (κ2) is 25.8. The lowest BCUT2D eigenvalue weighted by molar-refractivity contribution is -0.151. The minimum Gasteiger partial charge on any atom is -0.481 e. The van der Waals surface area contributed by atoms with Gasteiger partial charge in [-0.1, -0.05) is 63.3 Å². The molecule has 0 heterocycles. The van der Waals surface area contributed by atoms with Gasteiger partial charge in [-0.25, -0.2) is 4.79 Å². The summed E-state index contributed by atoms with van der Waals surface area (Å²) in [5.41, 5.74) is 0. The van der Waals surface area contributed by atoms with Gasteiger partial charge in [0.05, 0.1) is 0 Å². The van der Waals surface area contributed by atoms with Crippen molar-refractivity contribution >= 4 is 43.2 Å². The van der Waals surface area contributed by atoms with Crippen LogP contribution in [0.1, 0.15) is 90.9 Å². The highest BCUT2D eigenvalue weighted by Gasteiger charge is 2.10. The summed E-state index contributed by atoms with van der Waals surface area (Å²) in [4.78, 5) is 31.6. The zero-order chi connectivity index (χ0) is 24.5. The van der Waals surface area contributed by atoms with Crippen molar-refractivity contribution in [2.45, 2.75) is 95.5 Å². The number of ether oxygens (including phenoxy) is 2. The van der Waals surface area contributed by atoms with Gasteiger partial charge in [0, 0.05) is 13.3 Å². The summed E-state index contributed by atoms with van der Waals surface area (Å²) < 4.78 is 9.06. The number of unbranched alkanes of at least 4 members (excludes halogenated alkanes) is 8. The number of carbonyl (C=O) groups excluding carboxylic acids is 2. The molecule has 0 aromatic heterocycles. The third kappa shape index (κ3) is 30.8. The van der Waals surface area contributed by atoms with Crippen molar-refractivity contribution in [1.82, 2.24) is 0 Å². The molecular weight excluding hydrogens is 448 g/mol. The first kappa shape index (κ1) is 32.8. The number of carbonyl (C=O) groups is 3. The van der Waals surface area contributed by atoms with Crippen molar-refractivity contribution in [2.75, 3.05) is 13.2 Å². The Kier molecular flexibility index (Phi) is 26.5. The fourth-order valence-electron chi connectivity index (χ4n) is 2.53. The molecule has 0 radical (unpaired) electrons. The Morgan fingerprint density at radius 2 is 1.31 bits per heavy atom. The average molecular weight is 491 g/mol. The van der Waals surface area contributed by atoms with E-state index in [0.717, 1.165) is 39.0 Å². The van der Waals surface area contributed by atoms with Crippen LogP contribution in [0.5, 0.6) is 0 Å². The number of carboxylic acid groups (broad SMARTS) is 1. The zero-order valence-corrected chi connectivity index (χ0v) is 21.5. The summed E-state index contributed by atoms with van der Waals surface area (Å²) in [7, 11) is 0. The van der Waals surface area contributed by atoms with Crippen LogP contribution in [0.2, 0.25) is 0 Å². The second-order valence-electron chi connectivity index (χ2n) is 7.26. The molecular formula is C24H42O6S2. The van der Waals surface area contributed by atoms with E-state index in [0.29, 0.717) is 6.42 Å². The first-order chi connectivity index (χ1) is 15.3. The number of hydrogen-bond acceptors (Lipinski definition) is 7. The van der Waals surface area contributed by atoms with E-state index in [1.54, 1.807) is 0 Å². The van der Waals surface area contributed by atoms with Crippen LogP contribution in [-0.2, 0) is 23.9 Å². The minimum atomic E-state index is -0.833. The molecule has 0 saturated carbocycles. The van der Waals surface area contributed by atoms with Gasteiger partial charge >= 0.3 is 11.9 Å². The van der Waals surface area contributed by atoms with Crippen molar-refractivity contribution in [2.24, 2.45) is 0 Å². The highest BCUT2D eigenvalue weighted by atomic mass is 32.2. The van der Waals surface area contributed by atoms with Gasteiger partial charge in [-0.15, -0.1) is 0 Å². The van der Waals surface area contributed by atoms with Gasteiger partial charge < -0.3 is 14.6 Å². The summed E-state index contributed by atoms with van der Waals surface area (Å²) in [6.07, 6.45) is 22.2. The monoisotopic (exact) mass is 490 g/mol. The molecule has 8 heteroatoms. The minimum absolute atomic E-state index is 0.0460. The molecule has 0 rings (SSSR count). The lowest BCUT2D eigenvalue weighted by Gasteiger charge is -2.07. The van der Waals surface area contributed by atoms with Crippen LogP contribution in [0.25, 0.3) is 0 Å². The van der Waals surface area contributed by atoms with Crippen molar-refractivity contribution in [1.29, 1.82) is 0 Å².